The molecule has 0 aromatic heterocycles. The van der Waals surface area contributed by atoms with Crippen LogP contribution in [-0.4, -0.2) is 46.2 Å². The number of thiol groups is 1. The quantitative estimate of drug-likeness (QED) is 0.286. The van der Waals surface area contributed by atoms with E-state index in [0.29, 0.717) is 5.69 Å². The van der Waals surface area contributed by atoms with Crippen molar-refractivity contribution in [3.05, 3.63) is 77.4 Å². The molecule has 2 N–H and O–H groups in total. The van der Waals surface area contributed by atoms with Gasteiger partial charge in [0.05, 0.1) is 0 Å². The second-order valence-corrected chi connectivity index (χ2v) is 12.1. The Kier molecular flexibility index (Phi) is 8.78. The summed E-state index contributed by atoms with van der Waals surface area (Å²) in [6, 6.07) is 17.6. The summed E-state index contributed by atoms with van der Waals surface area (Å²) >= 11 is 4.38. The van der Waals surface area contributed by atoms with Crippen LogP contribution in [0.15, 0.2) is 60.7 Å². The molecule has 8 heteroatoms. The fourth-order valence-electron chi connectivity index (χ4n) is 5.01. The van der Waals surface area contributed by atoms with Crippen molar-refractivity contribution in [3.8, 4) is 0 Å². The van der Waals surface area contributed by atoms with E-state index in [2.05, 4.69) is 30.2 Å². The van der Waals surface area contributed by atoms with Crippen LogP contribution >= 0.6 is 12.6 Å². The smallest absolute Gasteiger partial charge is 0.408 e. The molecule has 0 aliphatic heterocycles. The topological polar surface area (TPSA) is 87.7 Å². The van der Waals surface area contributed by atoms with Gasteiger partial charge in [-0.2, -0.15) is 12.6 Å². The molecule has 1 aliphatic rings. The van der Waals surface area contributed by atoms with Crippen LogP contribution in [-0.2, 0) is 14.3 Å². The number of benzene rings is 3. The van der Waals surface area contributed by atoms with E-state index in [1.807, 2.05) is 74.5 Å². The molecule has 4 atom stereocenters. The molecule has 212 valence electrons. The van der Waals surface area contributed by atoms with Crippen LogP contribution < -0.4 is 10.6 Å². The second-order valence-electron chi connectivity index (χ2n) is 11.7. The summed E-state index contributed by atoms with van der Waals surface area (Å²) < 4.78 is 5.40. The van der Waals surface area contributed by atoms with Crippen LogP contribution in [0.3, 0.4) is 0 Å². The van der Waals surface area contributed by atoms with Crippen molar-refractivity contribution in [2.45, 2.75) is 71.7 Å². The maximum absolute atomic E-state index is 14.2. The summed E-state index contributed by atoms with van der Waals surface area (Å²) in [4.78, 5) is 42.6. The Morgan fingerprint density at radius 3 is 2.30 bits per heavy atom. The number of fused-ring (bicyclic) bond motifs is 1. The summed E-state index contributed by atoms with van der Waals surface area (Å²) in [6.45, 7) is 11.3. The van der Waals surface area contributed by atoms with Crippen molar-refractivity contribution in [2.24, 2.45) is 5.92 Å². The maximum Gasteiger partial charge on any atom is 0.408 e. The van der Waals surface area contributed by atoms with E-state index in [1.54, 1.807) is 25.7 Å². The van der Waals surface area contributed by atoms with Gasteiger partial charge in [-0.15, -0.1) is 0 Å². The molecule has 0 saturated heterocycles. The van der Waals surface area contributed by atoms with Gasteiger partial charge in [-0.25, -0.2) is 4.79 Å². The Morgan fingerprint density at radius 2 is 1.70 bits per heavy atom. The molecule has 3 aromatic rings. The minimum absolute atomic E-state index is 0.0571. The number of carbonyl (C=O) groups is 3. The minimum Gasteiger partial charge on any atom is -0.444 e. The van der Waals surface area contributed by atoms with Gasteiger partial charge in [-0.1, -0.05) is 61.0 Å². The zero-order valence-electron chi connectivity index (χ0n) is 24.0. The highest BCUT2D eigenvalue weighted by molar-refractivity contribution is 7.80. The first kappa shape index (κ1) is 29.5. The molecule has 1 fully saturated rings. The Morgan fingerprint density at radius 1 is 1.02 bits per heavy atom. The van der Waals surface area contributed by atoms with E-state index in [1.165, 1.54) is 0 Å². The first-order chi connectivity index (χ1) is 18.9. The molecule has 0 heterocycles. The third-order valence-electron chi connectivity index (χ3n) is 7.11. The average Bonchev–Trinajstić information content (AvgIpc) is 3.60. The predicted molar refractivity (Wildman–Crippen MR) is 163 cm³/mol. The van der Waals surface area contributed by atoms with Gasteiger partial charge >= 0.3 is 6.09 Å². The lowest BCUT2D eigenvalue weighted by atomic mass is 9.96. The fourth-order valence-corrected chi connectivity index (χ4v) is 5.26. The van der Waals surface area contributed by atoms with E-state index in [0.717, 1.165) is 33.9 Å². The van der Waals surface area contributed by atoms with Gasteiger partial charge < -0.3 is 20.3 Å². The maximum atomic E-state index is 14.2. The van der Waals surface area contributed by atoms with E-state index < -0.39 is 23.8 Å². The van der Waals surface area contributed by atoms with Crippen LogP contribution in [0.2, 0.25) is 0 Å². The number of aryl methyl sites for hydroxylation is 2. The lowest BCUT2D eigenvalue weighted by Crippen LogP contribution is -2.54. The van der Waals surface area contributed by atoms with Crippen molar-refractivity contribution in [2.75, 3.05) is 11.1 Å². The van der Waals surface area contributed by atoms with Crippen LogP contribution in [0.5, 0.6) is 0 Å². The average molecular weight is 562 g/mol. The first-order valence-electron chi connectivity index (χ1n) is 13.7. The molecule has 0 spiro atoms. The molecule has 3 aromatic carbocycles. The molecule has 4 rings (SSSR count). The molecule has 0 bridgehead atoms. The summed E-state index contributed by atoms with van der Waals surface area (Å²) in [7, 11) is 0. The number of ether oxygens (including phenoxy) is 1. The minimum atomic E-state index is -0.965. The van der Waals surface area contributed by atoms with Gasteiger partial charge in [0.15, 0.2) is 0 Å². The van der Waals surface area contributed by atoms with Gasteiger partial charge in [0.25, 0.3) is 5.91 Å². The van der Waals surface area contributed by atoms with Gasteiger partial charge in [0.2, 0.25) is 5.91 Å². The monoisotopic (exact) mass is 561 g/mol. The second kappa shape index (κ2) is 11.9. The number of anilines is 1. The number of amides is 3. The number of alkyl carbamates (subject to hydrolysis) is 1. The van der Waals surface area contributed by atoms with E-state index in [4.69, 9.17) is 4.74 Å². The molecule has 4 unspecified atom stereocenters. The van der Waals surface area contributed by atoms with Crippen LogP contribution in [0.1, 0.15) is 56.8 Å². The first-order valence-corrected chi connectivity index (χ1v) is 14.3. The van der Waals surface area contributed by atoms with Crippen molar-refractivity contribution in [3.63, 3.8) is 0 Å². The summed E-state index contributed by atoms with van der Waals surface area (Å²) in [5.74, 6) is -0.409. The van der Waals surface area contributed by atoms with Gasteiger partial charge in [0.1, 0.15) is 17.7 Å². The summed E-state index contributed by atoms with van der Waals surface area (Å²) in [6.07, 6.45) is 0.0645. The molecule has 3 amide bonds. The normalized spacial score (nSPS) is 18.0. The Labute approximate surface area is 242 Å². The van der Waals surface area contributed by atoms with Crippen molar-refractivity contribution >= 4 is 47.0 Å². The molecule has 0 radical (unpaired) electrons. The van der Waals surface area contributed by atoms with E-state index >= 15 is 0 Å². The number of hydrogen-bond acceptors (Lipinski definition) is 5. The van der Waals surface area contributed by atoms with Gasteiger partial charge in [-0.05, 0) is 81.0 Å². The standard InChI is InChI=1S/C32H39N3O4S/c1-19-11-14-25(20(2)15-19)28(29(36)33-24-13-12-22-9-7-8-10-23(22)17-24)35(27-16-21(27)3)30(37)26(18-40)34-31(38)39-32(4,5)6/h7-15,17,21,26-28,40H,16,18H2,1-6H3,(H,33,36)(H,34,38). The number of nitrogens with one attached hydrogen (secondary N) is 2. The van der Waals surface area contributed by atoms with Crippen molar-refractivity contribution in [1.82, 2.24) is 10.2 Å². The molecular weight excluding hydrogens is 522 g/mol. The van der Waals surface area contributed by atoms with E-state index in [-0.39, 0.29) is 29.5 Å². The number of nitrogens with zero attached hydrogens (tertiary/aromatic N) is 1. The molecule has 1 saturated carbocycles. The zero-order chi connectivity index (χ0) is 29.2. The van der Waals surface area contributed by atoms with Crippen LogP contribution in [0.4, 0.5) is 10.5 Å². The zero-order valence-corrected chi connectivity index (χ0v) is 24.9. The largest absolute Gasteiger partial charge is 0.444 e. The lowest BCUT2D eigenvalue weighted by molar-refractivity contribution is -0.141. The van der Waals surface area contributed by atoms with Crippen LogP contribution in [0, 0.1) is 19.8 Å². The number of rotatable bonds is 8. The molecule has 40 heavy (non-hydrogen) atoms. The Bertz CT molecular complexity index is 1420. The highest BCUT2D eigenvalue weighted by Gasteiger charge is 2.48. The van der Waals surface area contributed by atoms with E-state index in [9.17, 15) is 14.4 Å². The highest BCUT2D eigenvalue weighted by atomic mass is 32.1. The summed E-state index contributed by atoms with van der Waals surface area (Å²) in [5, 5.41) is 7.82. The SMILES string of the molecule is Cc1ccc(C(C(=O)Nc2ccc3ccccc3c2)N(C(=O)C(CS)NC(=O)OC(C)(C)C)C2CC2C)c(C)c1. The third kappa shape index (κ3) is 6.97. The number of hydrogen-bond donors (Lipinski definition) is 3. The molecule has 7 nitrogen and oxygen atoms in total. The molecular formula is C32H39N3O4S. The highest BCUT2D eigenvalue weighted by Crippen LogP contribution is 2.41. The van der Waals surface area contributed by atoms with Gasteiger partial charge in [-0.3, -0.25) is 9.59 Å². The fraction of sp³-hybridized carbons (Fsp3) is 0.406. The molecule has 1 aliphatic carbocycles. The third-order valence-corrected chi connectivity index (χ3v) is 7.48. The van der Waals surface area contributed by atoms with Crippen LogP contribution in [0.25, 0.3) is 10.8 Å². The van der Waals surface area contributed by atoms with Crippen molar-refractivity contribution in [1.29, 1.82) is 0 Å². The van der Waals surface area contributed by atoms with Gasteiger partial charge in [0, 0.05) is 17.5 Å². The van der Waals surface area contributed by atoms with Crippen molar-refractivity contribution < 1.29 is 19.1 Å². The predicted octanol–water partition coefficient (Wildman–Crippen LogP) is 6.20. The number of carbonyl (C=O) groups excluding carboxylic acids is 3. The summed E-state index contributed by atoms with van der Waals surface area (Å²) in [5.41, 5.74) is 2.64. The Balaban J connectivity index is 1.72. The Hall–Kier alpha value is -3.52. The lowest BCUT2D eigenvalue weighted by Gasteiger charge is -2.35.